The minimum Gasteiger partial charge on any atom is -0.464 e. The van der Waals surface area contributed by atoms with E-state index in [4.69, 9.17) is 9.47 Å². The Balaban J connectivity index is 1.02. The third-order valence-corrected chi connectivity index (χ3v) is 8.14. The predicted molar refractivity (Wildman–Crippen MR) is 155 cm³/mol. The van der Waals surface area contributed by atoms with Crippen LogP contribution in [0.1, 0.15) is 40.7 Å². The summed E-state index contributed by atoms with van der Waals surface area (Å²) in [5.74, 6) is 1.32. The summed E-state index contributed by atoms with van der Waals surface area (Å²) in [5, 5.41) is 1.20. The molecule has 206 valence electrons. The van der Waals surface area contributed by atoms with Gasteiger partial charge in [-0.3, -0.25) is 9.59 Å². The Morgan fingerprint density at radius 2 is 1.73 bits per heavy atom. The number of carbonyl (C=O) groups excluding carboxylic acids is 2. The van der Waals surface area contributed by atoms with Crippen LogP contribution in [0, 0.1) is 5.92 Å². The number of hydrogen-bond donors (Lipinski definition) is 1. The van der Waals surface area contributed by atoms with Crippen molar-refractivity contribution in [2.75, 3.05) is 27.2 Å². The first-order valence-electron chi connectivity index (χ1n) is 14.0. The van der Waals surface area contributed by atoms with Gasteiger partial charge >= 0.3 is 0 Å². The smallest absolute Gasteiger partial charge is 0.253 e. The first-order chi connectivity index (χ1) is 19.5. The molecule has 2 amide bonds. The fraction of sp³-hybridized carbons (Fsp3) is 0.333. The molecule has 2 aliphatic heterocycles. The zero-order valence-electron chi connectivity index (χ0n) is 23.1. The van der Waals surface area contributed by atoms with E-state index in [2.05, 4.69) is 29.2 Å². The lowest BCUT2D eigenvalue weighted by molar-refractivity contribution is -0.154. The molecule has 0 bridgehead atoms. The zero-order chi connectivity index (χ0) is 27.6. The Morgan fingerprint density at radius 1 is 0.975 bits per heavy atom. The highest BCUT2D eigenvalue weighted by molar-refractivity contribution is 5.94. The van der Waals surface area contributed by atoms with Crippen LogP contribution in [0.5, 0.6) is 5.75 Å². The van der Waals surface area contributed by atoms with E-state index in [1.165, 1.54) is 10.9 Å². The van der Waals surface area contributed by atoms with Gasteiger partial charge in [-0.15, -0.1) is 0 Å². The Kier molecular flexibility index (Phi) is 7.30. The highest BCUT2D eigenvalue weighted by Crippen LogP contribution is 2.35. The molecule has 4 aromatic rings. The average molecular weight is 538 g/mol. The van der Waals surface area contributed by atoms with Gasteiger partial charge in [0, 0.05) is 67.8 Å². The van der Waals surface area contributed by atoms with E-state index in [1.807, 2.05) is 53.6 Å². The molecule has 1 saturated heterocycles. The summed E-state index contributed by atoms with van der Waals surface area (Å²) in [5.41, 5.74) is 6.11. The minimum atomic E-state index is -0.293. The van der Waals surface area contributed by atoms with Crippen molar-refractivity contribution in [1.29, 1.82) is 0 Å². The molecule has 40 heavy (non-hydrogen) atoms. The molecule has 1 N–H and O–H groups in total. The maximum atomic E-state index is 12.9. The van der Waals surface area contributed by atoms with E-state index >= 15 is 0 Å². The van der Waals surface area contributed by atoms with Crippen LogP contribution < -0.4 is 4.74 Å². The molecular formula is C33H35N3O4. The van der Waals surface area contributed by atoms with E-state index in [-0.39, 0.29) is 24.0 Å². The van der Waals surface area contributed by atoms with Gasteiger partial charge in [-0.05, 0) is 66.3 Å². The van der Waals surface area contributed by atoms with Crippen molar-refractivity contribution in [3.63, 3.8) is 0 Å². The van der Waals surface area contributed by atoms with Crippen LogP contribution in [0.15, 0.2) is 72.9 Å². The number of carbonyl (C=O) groups is 2. The van der Waals surface area contributed by atoms with Gasteiger partial charge in [-0.25, -0.2) is 0 Å². The number of benzene rings is 3. The monoisotopic (exact) mass is 537 g/mol. The van der Waals surface area contributed by atoms with E-state index in [1.54, 1.807) is 19.0 Å². The van der Waals surface area contributed by atoms with Crippen molar-refractivity contribution in [3.05, 3.63) is 89.6 Å². The molecular weight excluding hydrogens is 502 g/mol. The van der Waals surface area contributed by atoms with Gasteiger partial charge in [0.1, 0.15) is 5.75 Å². The number of para-hydroxylation sites is 1. The van der Waals surface area contributed by atoms with E-state index in [0.29, 0.717) is 18.6 Å². The summed E-state index contributed by atoms with van der Waals surface area (Å²) in [7, 11) is 3.51. The second-order valence-electron chi connectivity index (χ2n) is 11.0. The maximum Gasteiger partial charge on any atom is 0.253 e. The number of likely N-dealkylation sites (tertiary alicyclic amines) is 1. The summed E-state index contributed by atoms with van der Waals surface area (Å²) >= 11 is 0. The first kappa shape index (κ1) is 26.1. The van der Waals surface area contributed by atoms with Crippen molar-refractivity contribution in [3.8, 4) is 16.9 Å². The van der Waals surface area contributed by atoms with Crippen molar-refractivity contribution in [1.82, 2.24) is 14.8 Å². The Hall–Kier alpha value is -4.10. The number of nitrogens with zero attached hydrogens (tertiary/aromatic N) is 2. The maximum absolute atomic E-state index is 12.9. The largest absolute Gasteiger partial charge is 0.464 e. The van der Waals surface area contributed by atoms with Gasteiger partial charge in [0.15, 0.2) is 0 Å². The quantitative estimate of drug-likeness (QED) is 0.345. The molecule has 1 fully saturated rings. The normalized spacial score (nSPS) is 17.4. The molecule has 0 radical (unpaired) electrons. The predicted octanol–water partition coefficient (Wildman–Crippen LogP) is 5.64. The van der Waals surface area contributed by atoms with Gasteiger partial charge in [-0.1, -0.05) is 36.4 Å². The Bertz CT molecular complexity index is 1520. The second-order valence-corrected chi connectivity index (χ2v) is 11.0. The number of hydrogen-bond acceptors (Lipinski definition) is 4. The molecule has 1 aromatic heterocycles. The first-order valence-corrected chi connectivity index (χ1v) is 14.0. The van der Waals surface area contributed by atoms with E-state index in [9.17, 15) is 9.59 Å². The molecule has 1 atom stereocenters. The Labute approximate surface area is 234 Å². The van der Waals surface area contributed by atoms with Gasteiger partial charge in [-0.2, -0.15) is 0 Å². The molecule has 0 spiro atoms. The number of ether oxygens (including phenoxy) is 2. The summed E-state index contributed by atoms with van der Waals surface area (Å²) in [6, 6.07) is 22.1. The van der Waals surface area contributed by atoms with Crippen LogP contribution in [0.4, 0.5) is 0 Å². The molecule has 6 rings (SSSR count). The van der Waals surface area contributed by atoms with E-state index < -0.39 is 0 Å². The molecule has 2 aliphatic rings. The fourth-order valence-corrected chi connectivity index (χ4v) is 5.77. The minimum absolute atomic E-state index is 0.00883. The van der Waals surface area contributed by atoms with Gasteiger partial charge in [0.05, 0.1) is 6.61 Å². The lowest BCUT2D eigenvalue weighted by Gasteiger charge is -2.37. The van der Waals surface area contributed by atoms with Crippen molar-refractivity contribution >= 4 is 22.7 Å². The van der Waals surface area contributed by atoms with Crippen molar-refractivity contribution < 1.29 is 19.1 Å². The van der Waals surface area contributed by atoms with Crippen LogP contribution in [-0.4, -0.2) is 60.1 Å². The Morgan fingerprint density at radius 3 is 2.50 bits per heavy atom. The number of nitrogens with one attached hydrogen (secondary N) is 1. The van der Waals surface area contributed by atoms with Crippen molar-refractivity contribution in [2.45, 2.75) is 38.6 Å². The number of rotatable bonds is 6. The van der Waals surface area contributed by atoms with Gasteiger partial charge in [0.2, 0.25) is 12.2 Å². The number of amides is 2. The van der Waals surface area contributed by atoms with Gasteiger partial charge in [0.25, 0.3) is 5.91 Å². The number of aryl methyl sites for hydroxylation is 1. The number of aromatic nitrogens is 1. The van der Waals surface area contributed by atoms with Crippen LogP contribution in [-0.2, 0) is 22.6 Å². The summed E-state index contributed by atoms with van der Waals surface area (Å²) in [4.78, 5) is 32.0. The topological polar surface area (TPSA) is 74.9 Å². The lowest BCUT2D eigenvalue weighted by Crippen LogP contribution is -2.44. The van der Waals surface area contributed by atoms with Crippen LogP contribution in [0.25, 0.3) is 22.0 Å². The molecule has 7 heteroatoms. The number of fused-ring (bicyclic) bond motifs is 2. The third kappa shape index (κ3) is 5.34. The molecule has 3 heterocycles. The molecule has 0 aliphatic carbocycles. The number of H-pyrrole nitrogens is 1. The number of piperidine rings is 1. The van der Waals surface area contributed by atoms with Crippen LogP contribution in [0.3, 0.4) is 0 Å². The molecule has 7 nitrogen and oxygen atoms in total. The second kappa shape index (κ2) is 11.2. The summed E-state index contributed by atoms with van der Waals surface area (Å²) < 4.78 is 12.5. The fourth-order valence-electron chi connectivity index (χ4n) is 5.77. The molecule has 3 aromatic carbocycles. The highest BCUT2D eigenvalue weighted by atomic mass is 16.7. The summed E-state index contributed by atoms with van der Waals surface area (Å²) in [6.45, 7) is 1.96. The third-order valence-electron chi connectivity index (χ3n) is 8.14. The van der Waals surface area contributed by atoms with E-state index in [0.717, 1.165) is 60.3 Å². The average Bonchev–Trinajstić information content (AvgIpc) is 3.42. The summed E-state index contributed by atoms with van der Waals surface area (Å²) in [6.07, 6.45) is 4.73. The molecule has 0 saturated carbocycles. The molecule has 1 unspecified atom stereocenters. The zero-order valence-corrected chi connectivity index (χ0v) is 23.1. The van der Waals surface area contributed by atoms with Crippen LogP contribution >= 0.6 is 0 Å². The van der Waals surface area contributed by atoms with Gasteiger partial charge < -0.3 is 24.3 Å². The SMILES string of the molecule is CN(C)C(=O)c1ccc(-c2ccc3c(c2)COC(C2CCN(C(=O)CCc4c[nH]c5ccccc45)CC2)O3)cc1. The highest BCUT2D eigenvalue weighted by Gasteiger charge is 2.33. The standard InChI is InChI=1S/C33H35N3O4/c1-35(2)32(38)23-9-7-22(8-10-23)25-11-13-30-27(19-25)21-39-33(40-30)24-15-17-36(18-16-24)31(37)14-12-26-20-34-29-6-4-3-5-28(26)29/h3-11,13,19-20,24,33-34H,12,14-18,21H2,1-2H3. The lowest BCUT2D eigenvalue weighted by atomic mass is 9.94. The van der Waals surface area contributed by atoms with Crippen LogP contribution in [0.2, 0.25) is 0 Å². The van der Waals surface area contributed by atoms with Crippen molar-refractivity contribution in [2.24, 2.45) is 5.92 Å². The number of aromatic amines is 1.